The number of aliphatic hydroxyl groups is 1. The molecule has 3 atom stereocenters. The molecule has 1 N–H and O–H groups in total. The molecule has 1 aromatic carbocycles. The lowest BCUT2D eigenvalue weighted by molar-refractivity contribution is -0.134. The van der Waals surface area contributed by atoms with Crippen LogP contribution in [-0.4, -0.2) is 66.8 Å². The number of ether oxygens (including phenoxy) is 1. The highest BCUT2D eigenvalue weighted by Crippen LogP contribution is 2.48. The van der Waals surface area contributed by atoms with E-state index in [4.69, 9.17) is 4.74 Å². The number of β-amino-alcohol motifs (C(OH)–C–C–N with tert-alkyl or cyclic N) is 1. The van der Waals surface area contributed by atoms with Crippen molar-refractivity contribution in [1.29, 1.82) is 0 Å². The Morgan fingerprint density at radius 3 is 2.50 bits per heavy atom. The third-order valence-electron chi connectivity index (χ3n) is 5.28. The predicted molar refractivity (Wildman–Crippen MR) is 93.2 cm³/mol. The van der Waals surface area contributed by atoms with Gasteiger partial charge < -0.3 is 14.7 Å². The molecule has 1 amide bonds. The highest BCUT2D eigenvalue weighted by atomic mass is 16.5. The molecule has 0 radical (unpaired) electrons. The van der Waals surface area contributed by atoms with Crippen molar-refractivity contribution in [1.82, 2.24) is 9.80 Å². The average Bonchev–Trinajstić information content (AvgIpc) is 3.42. The second-order valence-electron chi connectivity index (χ2n) is 6.91. The first-order valence-electron chi connectivity index (χ1n) is 8.95. The van der Waals surface area contributed by atoms with Crippen LogP contribution in [0.1, 0.15) is 31.2 Å². The number of amides is 1. The van der Waals surface area contributed by atoms with E-state index in [2.05, 4.69) is 17.0 Å². The van der Waals surface area contributed by atoms with Crippen LogP contribution in [0.2, 0.25) is 0 Å². The highest BCUT2D eigenvalue weighted by Gasteiger charge is 2.46. The second-order valence-corrected chi connectivity index (χ2v) is 6.91. The SMILES string of the molecule is CC[C@H](O)CN1CCN(C(=O)[C@@H]2C[C@H]2c2ccc(OC)cc2)CC1. The molecule has 0 aromatic heterocycles. The molecular formula is C19H28N2O3. The van der Waals surface area contributed by atoms with Crippen LogP contribution in [0.4, 0.5) is 0 Å². The zero-order valence-electron chi connectivity index (χ0n) is 14.6. The van der Waals surface area contributed by atoms with Crippen molar-refractivity contribution in [3.05, 3.63) is 29.8 Å². The minimum Gasteiger partial charge on any atom is -0.497 e. The molecule has 132 valence electrons. The van der Waals surface area contributed by atoms with E-state index < -0.39 is 0 Å². The average molecular weight is 332 g/mol. The molecule has 1 saturated carbocycles. The molecule has 1 aliphatic carbocycles. The lowest BCUT2D eigenvalue weighted by Gasteiger charge is -2.35. The van der Waals surface area contributed by atoms with E-state index in [1.54, 1.807) is 7.11 Å². The Balaban J connectivity index is 1.48. The fourth-order valence-corrected chi connectivity index (χ4v) is 3.50. The number of aliphatic hydroxyl groups excluding tert-OH is 1. The maximum atomic E-state index is 12.7. The maximum Gasteiger partial charge on any atom is 0.226 e. The summed E-state index contributed by atoms with van der Waals surface area (Å²) in [4.78, 5) is 16.9. The van der Waals surface area contributed by atoms with Gasteiger partial charge in [0.15, 0.2) is 0 Å². The first-order chi connectivity index (χ1) is 11.6. The fourth-order valence-electron chi connectivity index (χ4n) is 3.50. The Kier molecular flexibility index (Phi) is 5.41. The lowest BCUT2D eigenvalue weighted by Crippen LogP contribution is -2.50. The largest absolute Gasteiger partial charge is 0.497 e. The first-order valence-corrected chi connectivity index (χ1v) is 8.95. The Morgan fingerprint density at radius 2 is 1.92 bits per heavy atom. The van der Waals surface area contributed by atoms with Gasteiger partial charge in [0.1, 0.15) is 5.75 Å². The molecule has 2 aliphatic rings. The van der Waals surface area contributed by atoms with Gasteiger partial charge in [0.25, 0.3) is 0 Å². The van der Waals surface area contributed by atoms with Gasteiger partial charge >= 0.3 is 0 Å². The number of methoxy groups -OCH3 is 1. The van der Waals surface area contributed by atoms with Crippen LogP contribution in [0.3, 0.4) is 0 Å². The van der Waals surface area contributed by atoms with Crippen LogP contribution in [0.5, 0.6) is 5.75 Å². The zero-order chi connectivity index (χ0) is 17.1. The van der Waals surface area contributed by atoms with Gasteiger partial charge in [-0.25, -0.2) is 0 Å². The molecule has 1 saturated heterocycles. The molecule has 5 heteroatoms. The summed E-state index contributed by atoms with van der Waals surface area (Å²) in [7, 11) is 1.66. The topological polar surface area (TPSA) is 53.0 Å². The van der Waals surface area contributed by atoms with Crippen LogP contribution >= 0.6 is 0 Å². The predicted octanol–water partition coefficient (Wildman–Crippen LogP) is 1.71. The molecule has 1 heterocycles. The number of hydrogen-bond acceptors (Lipinski definition) is 4. The number of carbonyl (C=O) groups is 1. The number of nitrogens with zero attached hydrogens (tertiary/aromatic N) is 2. The van der Waals surface area contributed by atoms with Crippen molar-refractivity contribution < 1.29 is 14.6 Å². The van der Waals surface area contributed by atoms with Gasteiger partial charge in [-0.1, -0.05) is 19.1 Å². The quantitative estimate of drug-likeness (QED) is 0.862. The van der Waals surface area contributed by atoms with Gasteiger partial charge in [0, 0.05) is 38.6 Å². The normalized spacial score (nSPS) is 25.4. The molecule has 1 aromatic rings. The molecular weight excluding hydrogens is 304 g/mol. The van der Waals surface area contributed by atoms with Gasteiger partial charge in [-0.3, -0.25) is 9.69 Å². The molecule has 5 nitrogen and oxygen atoms in total. The van der Waals surface area contributed by atoms with Crippen molar-refractivity contribution in [3.8, 4) is 5.75 Å². The van der Waals surface area contributed by atoms with Crippen molar-refractivity contribution >= 4 is 5.91 Å². The first kappa shape index (κ1) is 17.2. The molecule has 0 spiro atoms. The zero-order valence-corrected chi connectivity index (χ0v) is 14.6. The van der Waals surface area contributed by atoms with Gasteiger partial charge in [0.05, 0.1) is 13.2 Å². The summed E-state index contributed by atoms with van der Waals surface area (Å²) in [5.41, 5.74) is 1.24. The maximum absolute atomic E-state index is 12.7. The second kappa shape index (κ2) is 7.53. The summed E-state index contributed by atoms with van der Waals surface area (Å²) in [6.45, 7) is 6.00. The van der Waals surface area contributed by atoms with Gasteiger partial charge in [-0.15, -0.1) is 0 Å². The minimum atomic E-state index is -0.255. The van der Waals surface area contributed by atoms with Crippen LogP contribution in [-0.2, 0) is 4.79 Å². The fraction of sp³-hybridized carbons (Fsp3) is 0.632. The number of benzene rings is 1. The van der Waals surface area contributed by atoms with Crippen LogP contribution in [0, 0.1) is 5.92 Å². The van der Waals surface area contributed by atoms with Crippen molar-refractivity contribution in [3.63, 3.8) is 0 Å². The Hall–Kier alpha value is -1.59. The Morgan fingerprint density at radius 1 is 1.25 bits per heavy atom. The van der Waals surface area contributed by atoms with Gasteiger partial charge in [-0.05, 0) is 36.5 Å². The van der Waals surface area contributed by atoms with E-state index in [1.807, 2.05) is 24.0 Å². The number of rotatable bonds is 6. The van der Waals surface area contributed by atoms with E-state index in [-0.39, 0.29) is 12.0 Å². The smallest absolute Gasteiger partial charge is 0.226 e. The van der Waals surface area contributed by atoms with Crippen molar-refractivity contribution in [2.24, 2.45) is 5.92 Å². The highest BCUT2D eigenvalue weighted by molar-refractivity contribution is 5.83. The van der Waals surface area contributed by atoms with E-state index in [0.717, 1.165) is 51.3 Å². The van der Waals surface area contributed by atoms with E-state index in [0.29, 0.717) is 11.8 Å². The standard InChI is InChI=1S/C19H28N2O3/c1-3-15(22)13-20-8-10-21(11-9-20)19(23)18-12-17(18)14-4-6-16(24-2)7-5-14/h4-7,15,17-18,22H,3,8-13H2,1-2H3/t15-,17-,18+/m0/s1. The molecule has 1 aliphatic heterocycles. The number of carbonyl (C=O) groups excluding carboxylic acids is 1. The summed E-state index contributed by atoms with van der Waals surface area (Å²) in [6.07, 6.45) is 1.49. The summed E-state index contributed by atoms with van der Waals surface area (Å²) in [6, 6.07) is 8.07. The Labute approximate surface area is 144 Å². The van der Waals surface area contributed by atoms with Gasteiger partial charge in [-0.2, -0.15) is 0 Å². The number of piperazine rings is 1. The van der Waals surface area contributed by atoms with E-state index >= 15 is 0 Å². The van der Waals surface area contributed by atoms with Gasteiger partial charge in [0.2, 0.25) is 5.91 Å². The lowest BCUT2D eigenvalue weighted by atomic mass is 10.1. The molecule has 2 fully saturated rings. The summed E-state index contributed by atoms with van der Waals surface area (Å²) < 4.78 is 5.19. The summed E-state index contributed by atoms with van der Waals surface area (Å²) in [5, 5.41) is 9.75. The van der Waals surface area contributed by atoms with Crippen LogP contribution < -0.4 is 4.74 Å². The number of hydrogen-bond donors (Lipinski definition) is 1. The molecule has 24 heavy (non-hydrogen) atoms. The van der Waals surface area contributed by atoms with Crippen molar-refractivity contribution in [2.45, 2.75) is 31.8 Å². The van der Waals surface area contributed by atoms with E-state index in [1.165, 1.54) is 5.56 Å². The van der Waals surface area contributed by atoms with E-state index in [9.17, 15) is 9.90 Å². The van der Waals surface area contributed by atoms with Crippen molar-refractivity contribution in [2.75, 3.05) is 39.8 Å². The Bertz CT molecular complexity index is 552. The third kappa shape index (κ3) is 3.90. The summed E-state index contributed by atoms with van der Waals surface area (Å²) in [5.74, 6) is 1.66. The third-order valence-corrected chi connectivity index (χ3v) is 5.28. The van der Waals surface area contributed by atoms with Crippen LogP contribution in [0.15, 0.2) is 24.3 Å². The molecule has 0 bridgehead atoms. The monoisotopic (exact) mass is 332 g/mol. The summed E-state index contributed by atoms with van der Waals surface area (Å²) >= 11 is 0. The molecule has 3 rings (SSSR count). The molecule has 0 unspecified atom stereocenters. The van der Waals surface area contributed by atoms with Crippen LogP contribution in [0.25, 0.3) is 0 Å². The minimum absolute atomic E-state index is 0.145.